The molecule has 15 heavy (non-hydrogen) atoms. The Hall–Kier alpha value is -0.220. The van der Waals surface area contributed by atoms with Crippen molar-refractivity contribution < 1.29 is 13.9 Å². The molecule has 2 aliphatic rings. The summed E-state index contributed by atoms with van der Waals surface area (Å²) >= 11 is 0. The summed E-state index contributed by atoms with van der Waals surface area (Å²) in [4.78, 5) is 2.05. The SMILES string of the molecule is OC[C@H]1CCCN1CC1CCCC1(F)F. The predicted octanol–water partition coefficient (Wildman–Crippen LogP) is 1.88. The highest BCUT2D eigenvalue weighted by Crippen LogP contribution is 2.41. The zero-order chi connectivity index (χ0) is 10.9. The molecule has 0 spiro atoms. The minimum atomic E-state index is -2.47. The van der Waals surface area contributed by atoms with E-state index in [1.54, 1.807) is 0 Å². The molecule has 2 nitrogen and oxygen atoms in total. The number of halogens is 2. The molecular weight excluding hydrogens is 200 g/mol. The largest absolute Gasteiger partial charge is 0.395 e. The van der Waals surface area contributed by atoms with Gasteiger partial charge in [0.2, 0.25) is 0 Å². The Morgan fingerprint density at radius 1 is 1.27 bits per heavy atom. The maximum Gasteiger partial charge on any atom is 0.252 e. The molecule has 1 heterocycles. The van der Waals surface area contributed by atoms with Crippen molar-refractivity contribution in [1.82, 2.24) is 4.90 Å². The van der Waals surface area contributed by atoms with Gasteiger partial charge in [-0.2, -0.15) is 0 Å². The predicted molar refractivity (Wildman–Crippen MR) is 54.0 cm³/mol. The first-order chi connectivity index (χ1) is 7.13. The van der Waals surface area contributed by atoms with Gasteiger partial charge in [0.15, 0.2) is 0 Å². The lowest BCUT2D eigenvalue weighted by atomic mass is 10.0. The average Bonchev–Trinajstić information content (AvgIpc) is 2.74. The zero-order valence-corrected chi connectivity index (χ0v) is 8.96. The first kappa shape index (κ1) is 11.3. The standard InChI is InChI=1S/C11H19F2NO/c12-11(13)5-1-3-9(11)7-14-6-2-4-10(14)8-15/h9-10,15H,1-8H2/t9?,10-/m1/s1. The Morgan fingerprint density at radius 2 is 2.07 bits per heavy atom. The molecule has 1 aliphatic carbocycles. The van der Waals surface area contributed by atoms with Crippen LogP contribution >= 0.6 is 0 Å². The molecule has 1 saturated heterocycles. The molecule has 1 aliphatic heterocycles. The van der Waals surface area contributed by atoms with Crippen molar-refractivity contribution in [2.24, 2.45) is 5.92 Å². The fraction of sp³-hybridized carbons (Fsp3) is 1.00. The lowest BCUT2D eigenvalue weighted by Crippen LogP contribution is -2.40. The molecule has 0 amide bonds. The van der Waals surface area contributed by atoms with Crippen molar-refractivity contribution >= 4 is 0 Å². The zero-order valence-electron chi connectivity index (χ0n) is 8.96. The molecule has 0 aromatic heterocycles. The van der Waals surface area contributed by atoms with Gasteiger partial charge in [-0.25, -0.2) is 8.78 Å². The summed E-state index contributed by atoms with van der Waals surface area (Å²) in [6, 6.07) is 0.126. The number of hydrogen-bond acceptors (Lipinski definition) is 2. The van der Waals surface area contributed by atoms with E-state index in [9.17, 15) is 8.78 Å². The molecule has 0 aromatic carbocycles. The van der Waals surface area contributed by atoms with Gasteiger partial charge in [-0.15, -0.1) is 0 Å². The first-order valence-electron chi connectivity index (χ1n) is 5.86. The van der Waals surface area contributed by atoms with Crippen LogP contribution in [0.3, 0.4) is 0 Å². The van der Waals surface area contributed by atoms with Crippen LogP contribution in [0.2, 0.25) is 0 Å². The van der Waals surface area contributed by atoms with Crippen molar-refractivity contribution in [3.63, 3.8) is 0 Å². The third-order valence-electron chi connectivity index (χ3n) is 3.82. The summed E-state index contributed by atoms with van der Waals surface area (Å²) in [5, 5.41) is 9.11. The van der Waals surface area contributed by atoms with Crippen LogP contribution in [0.15, 0.2) is 0 Å². The van der Waals surface area contributed by atoms with Crippen LogP contribution in [0, 0.1) is 5.92 Å². The van der Waals surface area contributed by atoms with E-state index in [0.717, 1.165) is 19.4 Å². The van der Waals surface area contributed by atoms with Gasteiger partial charge >= 0.3 is 0 Å². The van der Waals surface area contributed by atoms with Gasteiger partial charge in [-0.05, 0) is 32.2 Å². The van der Waals surface area contributed by atoms with Crippen molar-refractivity contribution in [2.75, 3.05) is 19.7 Å². The Kier molecular flexibility index (Phi) is 3.26. The summed E-state index contributed by atoms with van der Waals surface area (Å²) in [5.41, 5.74) is 0. The van der Waals surface area contributed by atoms with Gasteiger partial charge in [0, 0.05) is 24.9 Å². The summed E-state index contributed by atoms with van der Waals surface area (Å²) in [5.74, 6) is -2.95. The second kappa shape index (κ2) is 4.34. The molecule has 4 heteroatoms. The second-order valence-electron chi connectivity index (χ2n) is 4.82. The van der Waals surface area contributed by atoms with Crippen LogP contribution in [-0.4, -0.2) is 41.7 Å². The average molecular weight is 219 g/mol. The fourth-order valence-electron chi connectivity index (χ4n) is 2.85. The topological polar surface area (TPSA) is 23.5 Å². The maximum atomic E-state index is 13.4. The third-order valence-corrected chi connectivity index (χ3v) is 3.82. The van der Waals surface area contributed by atoms with E-state index >= 15 is 0 Å². The second-order valence-corrected chi connectivity index (χ2v) is 4.82. The van der Waals surface area contributed by atoms with Crippen molar-refractivity contribution in [2.45, 2.75) is 44.1 Å². The highest BCUT2D eigenvalue weighted by Gasteiger charge is 2.45. The van der Waals surface area contributed by atoms with Crippen LogP contribution in [-0.2, 0) is 0 Å². The maximum absolute atomic E-state index is 13.4. The lowest BCUT2D eigenvalue weighted by molar-refractivity contribution is -0.0500. The van der Waals surface area contributed by atoms with Crippen LogP contribution in [0.5, 0.6) is 0 Å². The van der Waals surface area contributed by atoms with Crippen molar-refractivity contribution in [1.29, 1.82) is 0 Å². The van der Waals surface area contributed by atoms with Gasteiger partial charge in [0.1, 0.15) is 0 Å². The number of likely N-dealkylation sites (tertiary alicyclic amines) is 1. The molecule has 2 rings (SSSR count). The number of rotatable bonds is 3. The Labute approximate surface area is 89.3 Å². The minimum absolute atomic E-state index is 0.0509. The number of alkyl halides is 2. The number of aliphatic hydroxyl groups is 1. The van der Waals surface area contributed by atoms with Gasteiger partial charge in [0.25, 0.3) is 5.92 Å². The van der Waals surface area contributed by atoms with Crippen LogP contribution in [0.25, 0.3) is 0 Å². The van der Waals surface area contributed by atoms with Gasteiger partial charge in [-0.1, -0.05) is 0 Å². The van der Waals surface area contributed by atoms with Crippen LogP contribution < -0.4 is 0 Å². The molecule has 1 N–H and O–H groups in total. The van der Waals surface area contributed by atoms with Gasteiger partial charge in [-0.3, -0.25) is 4.90 Å². The van der Waals surface area contributed by atoms with Gasteiger partial charge < -0.3 is 5.11 Å². The Morgan fingerprint density at radius 3 is 2.67 bits per heavy atom. The van der Waals surface area contributed by atoms with E-state index in [-0.39, 0.29) is 19.1 Å². The summed E-state index contributed by atoms with van der Waals surface area (Å²) in [6.45, 7) is 1.45. The number of hydrogen-bond donors (Lipinski definition) is 1. The fourth-order valence-corrected chi connectivity index (χ4v) is 2.85. The lowest BCUT2D eigenvalue weighted by Gasteiger charge is -2.28. The third kappa shape index (κ3) is 2.31. The smallest absolute Gasteiger partial charge is 0.252 e. The molecule has 88 valence electrons. The van der Waals surface area contributed by atoms with Crippen molar-refractivity contribution in [3.05, 3.63) is 0 Å². The van der Waals surface area contributed by atoms with E-state index in [4.69, 9.17) is 5.11 Å². The van der Waals surface area contributed by atoms with E-state index < -0.39 is 11.8 Å². The molecule has 2 fully saturated rings. The molecule has 2 atom stereocenters. The highest BCUT2D eigenvalue weighted by atomic mass is 19.3. The quantitative estimate of drug-likeness (QED) is 0.783. The van der Waals surface area contributed by atoms with Gasteiger partial charge in [0.05, 0.1) is 6.61 Å². The van der Waals surface area contributed by atoms with Crippen LogP contribution in [0.4, 0.5) is 8.78 Å². The summed E-state index contributed by atoms with van der Waals surface area (Å²) in [6.07, 6.45) is 3.32. The molecule has 0 bridgehead atoms. The van der Waals surface area contributed by atoms with E-state index in [0.29, 0.717) is 19.4 Å². The number of nitrogens with zero attached hydrogens (tertiary/aromatic N) is 1. The first-order valence-corrected chi connectivity index (χ1v) is 5.86. The summed E-state index contributed by atoms with van der Waals surface area (Å²) < 4.78 is 26.8. The monoisotopic (exact) mass is 219 g/mol. The van der Waals surface area contributed by atoms with E-state index in [2.05, 4.69) is 0 Å². The minimum Gasteiger partial charge on any atom is -0.395 e. The molecule has 0 aromatic rings. The van der Waals surface area contributed by atoms with E-state index in [1.807, 2.05) is 4.90 Å². The van der Waals surface area contributed by atoms with Crippen molar-refractivity contribution in [3.8, 4) is 0 Å². The highest BCUT2D eigenvalue weighted by molar-refractivity contribution is 4.89. The van der Waals surface area contributed by atoms with Crippen LogP contribution in [0.1, 0.15) is 32.1 Å². The van der Waals surface area contributed by atoms with E-state index in [1.165, 1.54) is 0 Å². The number of aliphatic hydroxyl groups excluding tert-OH is 1. The normalized spacial score (nSPS) is 36.2. The summed E-state index contributed by atoms with van der Waals surface area (Å²) in [7, 11) is 0. The molecule has 1 unspecified atom stereocenters. The Bertz CT molecular complexity index is 223. The molecular formula is C11H19F2NO. The molecule has 0 radical (unpaired) electrons. The molecule has 1 saturated carbocycles. The Balaban J connectivity index is 1.91.